The predicted octanol–water partition coefficient (Wildman–Crippen LogP) is 3.57. The van der Waals surface area contributed by atoms with Crippen molar-refractivity contribution in [3.05, 3.63) is 12.2 Å². The van der Waals surface area contributed by atoms with Gasteiger partial charge in [-0.05, 0) is 39.0 Å². The minimum atomic E-state index is -0.462. The van der Waals surface area contributed by atoms with Crippen molar-refractivity contribution in [2.24, 2.45) is 11.8 Å². The summed E-state index contributed by atoms with van der Waals surface area (Å²) in [5, 5.41) is 0. The van der Waals surface area contributed by atoms with Gasteiger partial charge in [0.2, 0.25) is 0 Å². The second-order valence-corrected chi connectivity index (χ2v) is 7.04. The molecule has 0 amide bonds. The number of hydrogen-bond acceptors (Lipinski definition) is 5. The van der Waals surface area contributed by atoms with E-state index in [0.29, 0.717) is 19.1 Å². The molecule has 5 nitrogen and oxygen atoms in total. The Labute approximate surface area is 141 Å². The number of ether oxygens (including phenoxy) is 4. The third-order valence-electron chi connectivity index (χ3n) is 3.16. The first kappa shape index (κ1) is 22.1. The van der Waals surface area contributed by atoms with E-state index in [9.17, 15) is 4.79 Å². The molecule has 0 aliphatic heterocycles. The Morgan fingerprint density at radius 2 is 1.78 bits per heavy atom. The standard InChI is InChI=1S/C18H34O5/c1-14(2)17(22-13-21-12-11-20-7)15(3)9-8-10-16(19)23-18(4,5)6/h8,10,14-15,17H,9,11-13H2,1-7H3/b10-8+/t15-,17+/m0/s1. The summed E-state index contributed by atoms with van der Waals surface area (Å²) in [6.07, 6.45) is 4.17. The summed E-state index contributed by atoms with van der Waals surface area (Å²) in [7, 11) is 1.64. The summed E-state index contributed by atoms with van der Waals surface area (Å²) in [5.74, 6) is 0.334. The lowest BCUT2D eigenvalue weighted by molar-refractivity contribution is -0.148. The van der Waals surface area contributed by atoms with Gasteiger partial charge in [-0.2, -0.15) is 0 Å². The third kappa shape index (κ3) is 12.2. The average molecular weight is 330 g/mol. The Kier molecular flexibility index (Phi) is 11.1. The molecule has 0 fully saturated rings. The van der Waals surface area contributed by atoms with Gasteiger partial charge >= 0.3 is 5.97 Å². The number of carbonyl (C=O) groups is 1. The van der Waals surface area contributed by atoms with E-state index >= 15 is 0 Å². The lowest BCUT2D eigenvalue weighted by Gasteiger charge is -2.27. The molecule has 5 heteroatoms. The van der Waals surface area contributed by atoms with Gasteiger partial charge in [-0.1, -0.05) is 26.8 Å². The molecule has 0 aromatic carbocycles. The van der Waals surface area contributed by atoms with Crippen LogP contribution in [0.25, 0.3) is 0 Å². The summed E-state index contributed by atoms with van der Waals surface area (Å²) in [4.78, 5) is 11.6. The van der Waals surface area contributed by atoms with E-state index in [2.05, 4.69) is 20.8 Å². The van der Waals surface area contributed by atoms with Gasteiger partial charge < -0.3 is 18.9 Å². The number of carbonyl (C=O) groups excluding carboxylic acids is 1. The zero-order valence-corrected chi connectivity index (χ0v) is 15.8. The van der Waals surface area contributed by atoms with E-state index in [1.807, 2.05) is 26.8 Å². The van der Waals surface area contributed by atoms with Crippen LogP contribution in [0, 0.1) is 11.8 Å². The molecule has 0 unspecified atom stereocenters. The summed E-state index contributed by atoms with van der Waals surface area (Å²) >= 11 is 0. The summed E-state index contributed by atoms with van der Waals surface area (Å²) in [6, 6.07) is 0. The number of methoxy groups -OCH3 is 1. The largest absolute Gasteiger partial charge is 0.457 e. The second-order valence-electron chi connectivity index (χ2n) is 7.04. The molecule has 0 aromatic rings. The first-order chi connectivity index (χ1) is 10.7. The van der Waals surface area contributed by atoms with Gasteiger partial charge in [0.1, 0.15) is 12.4 Å². The van der Waals surface area contributed by atoms with Crippen LogP contribution in [-0.4, -0.2) is 44.8 Å². The molecule has 0 aromatic heterocycles. The molecule has 0 spiro atoms. The Bertz CT molecular complexity index is 344. The van der Waals surface area contributed by atoms with Gasteiger partial charge in [-0.3, -0.25) is 0 Å². The van der Waals surface area contributed by atoms with E-state index in [-0.39, 0.29) is 24.8 Å². The normalized spacial score (nSPS) is 15.1. The van der Waals surface area contributed by atoms with Crippen LogP contribution < -0.4 is 0 Å². The molecule has 0 aliphatic rings. The quantitative estimate of drug-likeness (QED) is 0.251. The molecular weight excluding hydrogens is 296 g/mol. The molecular formula is C18H34O5. The van der Waals surface area contributed by atoms with Gasteiger partial charge in [-0.25, -0.2) is 4.79 Å². The van der Waals surface area contributed by atoms with Crippen molar-refractivity contribution >= 4 is 5.97 Å². The second kappa shape index (κ2) is 11.6. The topological polar surface area (TPSA) is 54.0 Å². The Hall–Kier alpha value is -0.910. The van der Waals surface area contributed by atoms with E-state index < -0.39 is 5.60 Å². The van der Waals surface area contributed by atoms with Crippen molar-refractivity contribution in [1.82, 2.24) is 0 Å². The molecule has 0 radical (unpaired) electrons. The van der Waals surface area contributed by atoms with Crippen molar-refractivity contribution < 1.29 is 23.7 Å². The molecule has 0 aliphatic carbocycles. The molecule has 0 bridgehead atoms. The highest BCUT2D eigenvalue weighted by Gasteiger charge is 2.21. The van der Waals surface area contributed by atoms with Gasteiger partial charge in [0, 0.05) is 13.2 Å². The minimum Gasteiger partial charge on any atom is -0.457 e. The van der Waals surface area contributed by atoms with Gasteiger partial charge in [0.05, 0.1) is 19.3 Å². The fourth-order valence-electron chi connectivity index (χ4n) is 2.19. The fraction of sp³-hybridized carbons (Fsp3) is 0.833. The molecule has 136 valence electrons. The SMILES string of the molecule is COCCOCO[C@H](C(C)C)[C@@H](C)C/C=C/C(=O)OC(C)(C)C. The lowest BCUT2D eigenvalue weighted by Crippen LogP contribution is -2.28. The zero-order chi connectivity index (χ0) is 17.9. The molecule has 0 saturated carbocycles. The van der Waals surface area contributed by atoms with Crippen LogP contribution in [0.15, 0.2) is 12.2 Å². The highest BCUT2D eigenvalue weighted by Crippen LogP contribution is 2.20. The minimum absolute atomic E-state index is 0.0702. The van der Waals surface area contributed by atoms with E-state index in [1.54, 1.807) is 7.11 Å². The zero-order valence-electron chi connectivity index (χ0n) is 15.8. The van der Waals surface area contributed by atoms with Crippen molar-refractivity contribution in [2.45, 2.75) is 59.7 Å². The number of rotatable bonds is 11. The lowest BCUT2D eigenvalue weighted by atomic mass is 9.92. The first-order valence-electron chi connectivity index (χ1n) is 8.25. The Balaban J connectivity index is 4.24. The summed E-state index contributed by atoms with van der Waals surface area (Å²) in [5.41, 5.74) is -0.462. The molecule has 0 N–H and O–H groups in total. The van der Waals surface area contributed by atoms with Crippen molar-refractivity contribution in [3.63, 3.8) is 0 Å². The van der Waals surface area contributed by atoms with Gasteiger partial charge in [0.15, 0.2) is 0 Å². The van der Waals surface area contributed by atoms with Crippen LogP contribution in [0.4, 0.5) is 0 Å². The number of esters is 1. The number of hydrogen-bond donors (Lipinski definition) is 0. The van der Waals surface area contributed by atoms with Gasteiger partial charge in [-0.15, -0.1) is 0 Å². The number of allylic oxidation sites excluding steroid dienone is 1. The maximum Gasteiger partial charge on any atom is 0.330 e. The highest BCUT2D eigenvalue weighted by molar-refractivity contribution is 5.82. The molecule has 0 rings (SSSR count). The fourth-order valence-corrected chi connectivity index (χ4v) is 2.19. The van der Waals surface area contributed by atoms with Crippen LogP contribution >= 0.6 is 0 Å². The van der Waals surface area contributed by atoms with Crippen LogP contribution in [0.3, 0.4) is 0 Å². The smallest absolute Gasteiger partial charge is 0.330 e. The van der Waals surface area contributed by atoms with Crippen LogP contribution in [0.2, 0.25) is 0 Å². The average Bonchev–Trinajstić information content (AvgIpc) is 2.40. The third-order valence-corrected chi connectivity index (χ3v) is 3.16. The van der Waals surface area contributed by atoms with E-state index in [1.165, 1.54) is 6.08 Å². The summed E-state index contributed by atoms with van der Waals surface area (Å²) < 4.78 is 21.3. The monoisotopic (exact) mass is 330 g/mol. The maximum atomic E-state index is 11.6. The van der Waals surface area contributed by atoms with Crippen molar-refractivity contribution in [3.8, 4) is 0 Å². The van der Waals surface area contributed by atoms with E-state index in [4.69, 9.17) is 18.9 Å². The van der Waals surface area contributed by atoms with Crippen molar-refractivity contribution in [1.29, 1.82) is 0 Å². The maximum absolute atomic E-state index is 11.6. The molecule has 23 heavy (non-hydrogen) atoms. The van der Waals surface area contributed by atoms with E-state index in [0.717, 1.165) is 6.42 Å². The highest BCUT2D eigenvalue weighted by atomic mass is 16.7. The van der Waals surface area contributed by atoms with Gasteiger partial charge in [0.25, 0.3) is 0 Å². The molecule has 2 atom stereocenters. The Morgan fingerprint density at radius 1 is 1.13 bits per heavy atom. The van der Waals surface area contributed by atoms with Crippen LogP contribution in [-0.2, 0) is 23.7 Å². The Morgan fingerprint density at radius 3 is 2.30 bits per heavy atom. The first-order valence-corrected chi connectivity index (χ1v) is 8.25. The van der Waals surface area contributed by atoms with Crippen molar-refractivity contribution in [2.75, 3.05) is 27.1 Å². The predicted molar refractivity (Wildman–Crippen MR) is 91.2 cm³/mol. The molecule has 0 saturated heterocycles. The van der Waals surface area contributed by atoms with Crippen LogP contribution in [0.5, 0.6) is 0 Å². The summed E-state index contributed by atoms with van der Waals surface area (Å²) in [6.45, 7) is 13.3. The molecule has 0 heterocycles. The van der Waals surface area contributed by atoms with Crippen LogP contribution in [0.1, 0.15) is 48.0 Å².